The number of amides is 1. The summed E-state index contributed by atoms with van der Waals surface area (Å²) < 4.78 is 32.7. The van der Waals surface area contributed by atoms with Crippen LogP contribution < -0.4 is 10.1 Å². The van der Waals surface area contributed by atoms with Crippen LogP contribution in [-0.2, 0) is 10.0 Å². The molecule has 0 atom stereocenters. The molecule has 1 amide bonds. The first kappa shape index (κ1) is 20.1. The minimum Gasteiger partial charge on any atom is -0.495 e. The Morgan fingerprint density at radius 3 is 2.54 bits per heavy atom. The highest BCUT2D eigenvalue weighted by molar-refractivity contribution is 7.89. The number of ether oxygens (including phenoxy) is 1. The second-order valence-corrected chi connectivity index (χ2v) is 8.51. The number of hydrogen-bond donors (Lipinski definition) is 1. The van der Waals surface area contributed by atoms with Gasteiger partial charge in [-0.05, 0) is 42.7 Å². The first-order valence-corrected chi connectivity index (χ1v) is 10.6. The van der Waals surface area contributed by atoms with Crippen LogP contribution in [0, 0.1) is 0 Å². The number of carbonyl (C=O) groups is 1. The van der Waals surface area contributed by atoms with Crippen molar-refractivity contribution in [2.45, 2.75) is 24.2 Å². The van der Waals surface area contributed by atoms with E-state index in [9.17, 15) is 13.2 Å². The molecule has 3 rings (SSSR count). The average molecular weight is 401 g/mol. The van der Waals surface area contributed by atoms with E-state index in [2.05, 4.69) is 11.9 Å². The minimum absolute atomic E-state index is 0.116. The average Bonchev–Trinajstić information content (AvgIpc) is 2.74. The smallest absolute Gasteiger partial charge is 0.256 e. The zero-order valence-electron chi connectivity index (χ0n) is 15.8. The molecule has 1 aliphatic heterocycles. The molecule has 0 aliphatic carbocycles. The third-order valence-electron chi connectivity index (χ3n) is 4.80. The molecule has 0 unspecified atom stereocenters. The maximum absolute atomic E-state index is 13.0. The Labute approximate surface area is 165 Å². The van der Waals surface area contributed by atoms with E-state index in [4.69, 9.17) is 4.74 Å². The van der Waals surface area contributed by atoms with Crippen LogP contribution in [0.1, 0.15) is 35.2 Å². The molecule has 1 aliphatic rings. The summed E-state index contributed by atoms with van der Waals surface area (Å²) in [6, 6.07) is 11.6. The van der Waals surface area contributed by atoms with Crippen LogP contribution in [0.4, 0.5) is 5.69 Å². The van der Waals surface area contributed by atoms with Gasteiger partial charge in [-0.1, -0.05) is 37.3 Å². The van der Waals surface area contributed by atoms with Gasteiger partial charge in [0.05, 0.1) is 17.7 Å². The van der Waals surface area contributed by atoms with Crippen LogP contribution in [-0.4, -0.2) is 38.8 Å². The Morgan fingerprint density at radius 1 is 1.14 bits per heavy atom. The molecule has 0 saturated carbocycles. The predicted molar refractivity (Wildman–Crippen MR) is 110 cm³/mol. The Hall–Kier alpha value is -2.64. The van der Waals surface area contributed by atoms with E-state index in [-0.39, 0.29) is 10.5 Å². The van der Waals surface area contributed by atoms with Gasteiger partial charge in [-0.25, -0.2) is 8.42 Å². The van der Waals surface area contributed by atoms with Gasteiger partial charge in [0.2, 0.25) is 10.0 Å². The Balaban J connectivity index is 1.95. The molecular weight excluding hydrogens is 376 g/mol. The van der Waals surface area contributed by atoms with Gasteiger partial charge in [-0.2, -0.15) is 4.31 Å². The number of methoxy groups -OCH3 is 1. The largest absolute Gasteiger partial charge is 0.495 e. The molecule has 1 heterocycles. The topological polar surface area (TPSA) is 75.7 Å². The zero-order valence-corrected chi connectivity index (χ0v) is 16.7. The third kappa shape index (κ3) is 4.10. The molecule has 2 aromatic carbocycles. The number of benzene rings is 2. The number of rotatable bonds is 6. The summed E-state index contributed by atoms with van der Waals surface area (Å²) in [5.74, 6) is 0.100. The highest BCUT2D eigenvalue weighted by Gasteiger charge is 2.27. The lowest BCUT2D eigenvalue weighted by atomic mass is 10.1. The molecular formula is C21H24N2O4S. The fraction of sp³-hybridized carbons (Fsp3) is 0.286. The van der Waals surface area contributed by atoms with Gasteiger partial charge < -0.3 is 10.1 Å². The lowest BCUT2D eigenvalue weighted by molar-refractivity contribution is 0.102. The number of para-hydroxylation sites is 2. The number of hydrogen-bond acceptors (Lipinski definition) is 4. The van der Waals surface area contributed by atoms with Crippen molar-refractivity contribution in [2.75, 3.05) is 25.5 Å². The van der Waals surface area contributed by atoms with E-state index in [0.717, 1.165) is 19.3 Å². The van der Waals surface area contributed by atoms with Gasteiger partial charge in [0.25, 0.3) is 5.91 Å². The lowest BCUT2D eigenvalue weighted by Gasteiger charge is -2.26. The molecule has 2 aromatic rings. The van der Waals surface area contributed by atoms with Gasteiger partial charge >= 0.3 is 0 Å². The highest BCUT2D eigenvalue weighted by Crippen LogP contribution is 2.27. The van der Waals surface area contributed by atoms with Crippen LogP contribution in [0.25, 0.3) is 6.08 Å². The van der Waals surface area contributed by atoms with Gasteiger partial charge in [-0.15, -0.1) is 0 Å². The molecule has 0 spiro atoms. The molecule has 0 aromatic heterocycles. The van der Waals surface area contributed by atoms with Gasteiger partial charge in [0.15, 0.2) is 0 Å². The Kier molecular flexibility index (Phi) is 6.16. The Morgan fingerprint density at radius 2 is 1.86 bits per heavy atom. The summed E-state index contributed by atoms with van der Waals surface area (Å²) in [6.45, 7) is 4.75. The van der Waals surface area contributed by atoms with E-state index < -0.39 is 15.9 Å². The van der Waals surface area contributed by atoms with Crippen LogP contribution >= 0.6 is 0 Å². The fourth-order valence-corrected chi connectivity index (χ4v) is 4.81. The van der Waals surface area contributed by atoms with Crippen molar-refractivity contribution in [2.24, 2.45) is 0 Å². The molecule has 1 N–H and O–H groups in total. The third-order valence-corrected chi connectivity index (χ3v) is 6.69. The fourth-order valence-electron chi connectivity index (χ4n) is 3.26. The minimum atomic E-state index is -3.63. The standard InChI is InChI=1S/C21H24N2O4S/c1-3-16-11-12-17(28(25,26)23-13-7-4-8-14-23)15-18(16)21(24)22-19-9-5-6-10-20(19)27-2/h3,5-6,9-12,15H,1,4,7-8,13-14H2,2H3,(H,22,24). The number of piperidine rings is 1. The molecule has 0 radical (unpaired) electrons. The summed E-state index contributed by atoms with van der Waals surface area (Å²) in [6.07, 6.45) is 4.28. The van der Waals surface area contributed by atoms with Gasteiger partial charge in [0.1, 0.15) is 5.75 Å². The molecule has 0 bridgehead atoms. The van der Waals surface area contributed by atoms with Gasteiger partial charge in [0, 0.05) is 18.7 Å². The maximum Gasteiger partial charge on any atom is 0.256 e. The number of carbonyl (C=O) groups excluding carboxylic acids is 1. The summed E-state index contributed by atoms with van der Waals surface area (Å²) in [4.78, 5) is 13.0. The summed E-state index contributed by atoms with van der Waals surface area (Å²) in [7, 11) is -2.11. The Bertz CT molecular complexity index is 980. The first-order valence-electron chi connectivity index (χ1n) is 9.18. The first-order chi connectivity index (χ1) is 13.5. The van der Waals surface area contributed by atoms with Crippen molar-refractivity contribution in [3.05, 3.63) is 60.2 Å². The maximum atomic E-state index is 13.0. The SMILES string of the molecule is C=Cc1ccc(S(=O)(=O)N2CCCCC2)cc1C(=O)Nc1ccccc1OC. The van der Waals surface area contributed by atoms with E-state index >= 15 is 0 Å². The van der Waals surface area contributed by atoms with Crippen molar-refractivity contribution < 1.29 is 17.9 Å². The highest BCUT2D eigenvalue weighted by atomic mass is 32.2. The molecule has 7 heteroatoms. The monoisotopic (exact) mass is 400 g/mol. The van der Waals surface area contributed by atoms with E-state index in [0.29, 0.717) is 30.1 Å². The van der Waals surface area contributed by atoms with Crippen molar-refractivity contribution in [3.8, 4) is 5.75 Å². The summed E-state index contributed by atoms with van der Waals surface area (Å²) in [5.41, 5.74) is 1.32. The number of nitrogens with one attached hydrogen (secondary N) is 1. The molecule has 148 valence electrons. The van der Waals surface area contributed by atoms with Crippen LogP contribution in [0.2, 0.25) is 0 Å². The van der Waals surface area contributed by atoms with Crippen LogP contribution in [0.5, 0.6) is 5.75 Å². The predicted octanol–water partition coefficient (Wildman–Crippen LogP) is 3.77. The zero-order chi connectivity index (χ0) is 20.1. The summed E-state index contributed by atoms with van der Waals surface area (Å²) in [5, 5.41) is 2.79. The number of nitrogens with zero attached hydrogens (tertiary/aromatic N) is 1. The van der Waals surface area contributed by atoms with E-state index in [1.165, 1.54) is 29.6 Å². The van der Waals surface area contributed by atoms with E-state index in [1.54, 1.807) is 30.3 Å². The molecule has 1 fully saturated rings. The van der Waals surface area contributed by atoms with Crippen molar-refractivity contribution in [3.63, 3.8) is 0 Å². The molecule has 28 heavy (non-hydrogen) atoms. The quantitative estimate of drug-likeness (QED) is 0.801. The van der Waals surface area contributed by atoms with Crippen LogP contribution in [0.3, 0.4) is 0 Å². The lowest BCUT2D eigenvalue weighted by Crippen LogP contribution is -2.35. The number of anilines is 1. The normalized spacial score (nSPS) is 15.0. The van der Waals surface area contributed by atoms with Crippen LogP contribution in [0.15, 0.2) is 53.9 Å². The molecule has 1 saturated heterocycles. The second kappa shape index (κ2) is 8.58. The van der Waals surface area contributed by atoms with Crippen molar-refractivity contribution >= 4 is 27.7 Å². The second-order valence-electron chi connectivity index (χ2n) is 6.57. The van der Waals surface area contributed by atoms with E-state index in [1.807, 2.05) is 0 Å². The van der Waals surface area contributed by atoms with Crippen molar-refractivity contribution in [1.29, 1.82) is 0 Å². The van der Waals surface area contributed by atoms with Gasteiger partial charge in [-0.3, -0.25) is 4.79 Å². The number of sulfonamides is 1. The molecule has 6 nitrogen and oxygen atoms in total. The van der Waals surface area contributed by atoms with Crippen molar-refractivity contribution in [1.82, 2.24) is 4.31 Å². The summed E-state index contributed by atoms with van der Waals surface area (Å²) >= 11 is 0.